The number of amides is 4. The third-order valence-electron chi connectivity index (χ3n) is 3.88. The van der Waals surface area contributed by atoms with Crippen LogP contribution in [0.25, 0.3) is 0 Å². The van der Waals surface area contributed by atoms with Gasteiger partial charge in [-0.15, -0.1) is 11.8 Å². The van der Waals surface area contributed by atoms with Crippen molar-refractivity contribution >= 4 is 41.2 Å². The highest BCUT2D eigenvalue weighted by Crippen LogP contribution is 2.29. The zero-order chi connectivity index (χ0) is 17.1. The van der Waals surface area contributed by atoms with Crippen LogP contribution in [0.2, 0.25) is 5.02 Å². The zero-order valence-corrected chi connectivity index (χ0v) is 14.3. The fourth-order valence-electron chi connectivity index (χ4n) is 2.56. The van der Waals surface area contributed by atoms with E-state index in [-0.39, 0.29) is 36.1 Å². The maximum absolute atomic E-state index is 12.3. The van der Waals surface area contributed by atoms with E-state index in [4.69, 9.17) is 11.6 Å². The number of carbonyl (C=O) groups is 3. The van der Waals surface area contributed by atoms with E-state index in [1.54, 1.807) is 12.1 Å². The molecule has 2 heterocycles. The summed E-state index contributed by atoms with van der Waals surface area (Å²) in [6.07, 6.45) is 1.86. The molecule has 0 aliphatic carbocycles. The smallest absolute Gasteiger partial charge is 0.324 e. The normalized spacial score (nSPS) is 22.3. The Morgan fingerprint density at radius 1 is 1.33 bits per heavy atom. The monoisotopic (exact) mass is 365 g/mol. The molecule has 2 N–H and O–H groups in total. The fourth-order valence-corrected chi connectivity index (χ4v) is 3.76. The molecule has 1 aromatic rings. The number of hydrogen-bond acceptors (Lipinski definition) is 4. The number of imide groups is 1. The summed E-state index contributed by atoms with van der Waals surface area (Å²) in [7, 11) is 0. The zero-order valence-electron chi connectivity index (χ0n) is 12.7. The first-order valence-corrected chi connectivity index (χ1v) is 8.82. The summed E-state index contributed by atoms with van der Waals surface area (Å²) in [5.41, 5.74) is 0.815. The first kappa shape index (κ1) is 16.9. The molecule has 0 spiro atoms. The molecule has 0 saturated carbocycles. The molecule has 4 amide bonds. The molecule has 24 heavy (non-hydrogen) atoms. The molecule has 2 atom stereocenters. The molecule has 126 valence electrons. The molecule has 3 rings (SSSR count). The Bertz CT molecular complexity index is 710. The number of hydrogen-bond donors (Lipinski definition) is 2. The second kappa shape index (κ2) is 7.27. The van der Waals surface area contributed by atoms with E-state index in [1.807, 2.05) is 23.6 Å². The van der Waals surface area contributed by atoms with E-state index < -0.39 is 6.03 Å². The second-order valence-corrected chi connectivity index (χ2v) is 6.93. The summed E-state index contributed by atoms with van der Waals surface area (Å²) in [6.45, 7) is 0.367. The second-order valence-electron chi connectivity index (χ2n) is 5.47. The number of halogens is 1. The van der Waals surface area contributed by atoms with E-state index in [9.17, 15) is 14.4 Å². The first-order chi connectivity index (χ1) is 11.6. The van der Waals surface area contributed by atoms with Gasteiger partial charge in [-0.05, 0) is 17.0 Å². The summed E-state index contributed by atoms with van der Waals surface area (Å²) < 4.78 is 0. The van der Waals surface area contributed by atoms with Crippen LogP contribution in [0.15, 0.2) is 35.7 Å². The highest BCUT2D eigenvalue weighted by atomic mass is 35.5. The molecular weight excluding hydrogens is 350 g/mol. The van der Waals surface area contributed by atoms with Crippen LogP contribution >= 0.6 is 23.4 Å². The predicted octanol–water partition coefficient (Wildman–Crippen LogP) is 1.90. The SMILES string of the molecule is O=C(CCN1C(=O)NC2C=CSC2C1=O)NCc1ccccc1Cl. The molecule has 0 bridgehead atoms. The number of rotatable bonds is 5. The molecule has 0 aromatic heterocycles. The van der Waals surface area contributed by atoms with Crippen molar-refractivity contribution in [2.75, 3.05) is 6.54 Å². The van der Waals surface area contributed by atoms with Crippen molar-refractivity contribution in [3.63, 3.8) is 0 Å². The third-order valence-corrected chi connectivity index (χ3v) is 5.35. The molecule has 1 saturated heterocycles. The Morgan fingerprint density at radius 2 is 2.12 bits per heavy atom. The minimum Gasteiger partial charge on any atom is -0.352 e. The van der Waals surface area contributed by atoms with E-state index in [1.165, 1.54) is 11.8 Å². The number of urea groups is 1. The summed E-state index contributed by atoms with van der Waals surface area (Å²) in [5, 5.41) is 7.57. The molecule has 8 heteroatoms. The van der Waals surface area contributed by atoms with Gasteiger partial charge >= 0.3 is 6.03 Å². The van der Waals surface area contributed by atoms with Crippen LogP contribution in [0.4, 0.5) is 4.79 Å². The number of fused-ring (bicyclic) bond motifs is 1. The lowest BCUT2D eigenvalue weighted by Gasteiger charge is -2.32. The summed E-state index contributed by atoms with van der Waals surface area (Å²) in [5.74, 6) is -0.493. The highest BCUT2D eigenvalue weighted by Gasteiger charge is 2.41. The molecule has 2 aliphatic heterocycles. The van der Waals surface area contributed by atoms with Crippen LogP contribution in [0.3, 0.4) is 0 Å². The van der Waals surface area contributed by atoms with Gasteiger partial charge in [0.05, 0.1) is 6.04 Å². The minimum absolute atomic E-state index is 0.0547. The van der Waals surface area contributed by atoms with Crippen molar-refractivity contribution in [3.8, 4) is 0 Å². The van der Waals surface area contributed by atoms with Crippen molar-refractivity contribution < 1.29 is 14.4 Å². The lowest BCUT2D eigenvalue weighted by Crippen LogP contribution is -2.60. The Kier molecular flexibility index (Phi) is 5.11. The van der Waals surface area contributed by atoms with Gasteiger partial charge < -0.3 is 10.6 Å². The van der Waals surface area contributed by atoms with Crippen LogP contribution < -0.4 is 10.6 Å². The van der Waals surface area contributed by atoms with Crippen LogP contribution in [-0.2, 0) is 16.1 Å². The maximum Gasteiger partial charge on any atom is 0.324 e. The van der Waals surface area contributed by atoms with Gasteiger partial charge in [-0.25, -0.2) is 4.79 Å². The van der Waals surface area contributed by atoms with Crippen molar-refractivity contribution in [2.24, 2.45) is 0 Å². The molecule has 1 fully saturated rings. The lowest BCUT2D eigenvalue weighted by molar-refractivity contribution is -0.129. The Hall–Kier alpha value is -1.99. The van der Waals surface area contributed by atoms with Crippen molar-refractivity contribution in [3.05, 3.63) is 46.3 Å². The van der Waals surface area contributed by atoms with E-state index in [2.05, 4.69) is 10.6 Å². The number of thioether (sulfide) groups is 1. The van der Waals surface area contributed by atoms with Gasteiger partial charge in [0.15, 0.2) is 0 Å². The number of carbonyl (C=O) groups excluding carboxylic acids is 3. The van der Waals surface area contributed by atoms with Gasteiger partial charge in [0, 0.05) is 24.5 Å². The van der Waals surface area contributed by atoms with Crippen LogP contribution in [0.5, 0.6) is 0 Å². The highest BCUT2D eigenvalue weighted by molar-refractivity contribution is 8.03. The van der Waals surface area contributed by atoms with E-state index >= 15 is 0 Å². The van der Waals surface area contributed by atoms with Gasteiger partial charge in [-0.2, -0.15) is 0 Å². The average molecular weight is 366 g/mol. The van der Waals surface area contributed by atoms with Gasteiger partial charge in [-0.3, -0.25) is 14.5 Å². The summed E-state index contributed by atoms with van der Waals surface area (Å²) in [6, 6.07) is 6.54. The van der Waals surface area contributed by atoms with E-state index in [0.29, 0.717) is 11.6 Å². The third kappa shape index (κ3) is 3.57. The van der Waals surface area contributed by atoms with Gasteiger partial charge in [0.2, 0.25) is 11.8 Å². The number of nitrogens with zero attached hydrogens (tertiary/aromatic N) is 1. The number of benzene rings is 1. The first-order valence-electron chi connectivity index (χ1n) is 7.50. The topological polar surface area (TPSA) is 78.5 Å². The van der Waals surface area contributed by atoms with Gasteiger partial charge in [0.25, 0.3) is 0 Å². The Morgan fingerprint density at radius 3 is 2.92 bits per heavy atom. The van der Waals surface area contributed by atoms with E-state index in [0.717, 1.165) is 10.5 Å². The molecule has 2 unspecified atom stereocenters. The Balaban J connectivity index is 1.50. The van der Waals surface area contributed by atoms with Crippen molar-refractivity contribution in [1.82, 2.24) is 15.5 Å². The Labute approximate surface area is 148 Å². The number of nitrogens with one attached hydrogen (secondary N) is 2. The fraction of sp³-hybridized carbons (Fsp3) is 0.312. The molecular formula is C16H16ClN3O3S. The minimum atomic E-state index is -0.452. The largest absolute Gasteiger partial charge is 0.352 e. The lowest BCUT2D eigenvalue weighted by atomic mass is 10.1. The quantitative estimate of drug-likeness (QED) is 0.835. The van der Waals surface area contributed by atoms with Crippen LogP contribution in [0, 0.1) is 0 Å². The van der Waals surface area contributed by atoms with Gasteiger partial charge in [-0.1, -0.05) is 35.9 Å². The van der Waals surface area contributed by atoms with Crippen LogP contribution in [-0.4, -0.2) is 40.6 Å². The van der Waals surface area contributed by atoms with Crippen molar-refractivity contribution in [2.45, 2.75) is 24.3 Å². The maximum atomic E-state index is 12.3. The molecule has 6 nitrogen and oxygen atoms in total. The standard InChI is InChI=1S/C16H16ClN3O3S/c17-11-4-2-1-3-10(11)9-18-13(21)5-7-20-15(22)14-12(6-8-24-14)19-16(20)23/h1-4,6,8,12,14H,5,7,9H2,(H,18,21)(H,19,23). The molecule has 2 aliphatic rings. The average Bonchev–Trinajstić information content (AvgIpc) is 3.02. The summed E-state index contributed by atoms with van der Waals surface area (Å²) in [4.78, 5) is 37.4. The van der Waals surface area contributed by atoms with Crippen molar-refractivity contribution in [1.29, 1.82) is 0 Å². The molecule has 0 radical (unpaired) electrons. The van der Waals surface area contributed by atoms with Gasteiger partial charge in [0.1, 0.15) is 5.25 Å². The molecule has 1 aromatic carbocycles. The predicted molar refractivity (Wildman–Crippen MR) is 92.5 cm³/mol. The summed E-state index contributed by atoms with van der Waals surface area (Å²) >= 11 is 7.41. The van der Waals surface area contributed by atoms with Crippen LogP contribution in [0.1, 0.15) is 12.0 Å².